The molecular formula is C12H20O. The molecule has 0 amide bonds. The van der Waals surface area contributed by atoms with Crippen LogP contribution >= 0.6 is 0 Å². The SMILES string of the molecule is CC(C)=CCCC(=O)C1CCCC1. The molecule has 0 aliphatic heterocycles. The van der Waals surface area contributed by atoms with Crippen molar-refractivity contribution >= 4 is 5.78 Å². The molecule has 0 atom stereocenters. The van der Waals surface area contributed by atoms with E-state index in [1.807, 2.05) is 0 Å². The third-order valence-electron chi connectivity index (χ3n) is 2.75. The van der Waals surface area contributed by atoms with Crippen LogP contribution in [0.3, 0.4) is 0 Å². The Kier molecular flexibility index (Phi) is 4.20. The molecule has 0 heterocycles. The van der Waals surface area contributed by atoms with Crippen LogP contribution in [0, 0.1) is 5.92 Å². The minimum atomic E-state index is 0.408. The summed E-state index contributed by atoms with van der Waals surface area (Å²) in [4.78, 5) is 11.6. The lowest BCUT2D eigenvalue weighted by atomic mass is 9.98. The van der Waals surface area contributed by atoms with Crippen LogP contribution in [-0.4, -0.2) is 5.78 Å². The second kappa shape index (κ2) is 5.21. The van der Waals surface area contributed by atoms with E-state index in [1.54, 1.807) is 0 Å². The molecule has 0 aromatic carbocycles. The summed E-state index contributed by atoms with van der Waals surface area (Å²) < 4.78 is 0. The van der Waals surface area contributed by atoms with E-state index in [1.165, 1.54) is 18.4 Å². The second-order valence-electron chi connectivity index (χ2n) is 4.27. The molecule has 1 heteroatoms. The van der Waals surface area contributed by atoms with Crippen LogP contribution in [0.4, 0.5) is 0 Å². The molecule has 0 aromatic heterocycles. The Morgan fingerprint density at radius 3 is 2.46 bits per heavy atom. The van der Waals surface area contributed by atoms with Gasteiger partial charge in [-0.05, 0) is 33.1 Å². The van der Waals surface area contributed by atoms with Crippen molar-refractivity contribution < 1.29 is 4.79 Å². The fraction of sp³-hybridized carbons (Fsp3) is 0.750. The van der Waals surface area contributed by atoms with Gasteiger partial charge in [0.05, 0.1) is 0 Å². The summed E-state index contributed by atoms with van der Waals surface area (Å²) >= 11 is 0. The third-order valence-corrected chi connectivity index (χ3v) is 2.75. The van der Waals surface area contributed by atoms with Crippen molar-refractivity contribution in [2.24, 2.45) is 5.92 Å². The molecule has 0 N–H and O–H groups in total. The predicted molar refractivity (Wildman–Crippen MR) is 55.6 cm³/mol. The summed E-state index contributed by atoms with van der Waals surface area (Å²) in [5.41, 5.74) is 1.32. The summed E-state index contributed by atoms with van der Waals surface area (Å²) in [6.45, 7) is 4.17. The van der Waals surface area contributed by atoms with Gasteiger partial charge in [0.15, 0.2) is 0 Å². The number of carbonyl (C=O) groups is 1. The number of hydrogen-bond donors (Lipinski definition) is 0. The Morgan fingerprint density at radius 1 is 1.31 bits per heavy atom. The molecule has 74 valence electrons. The fourth-order valence-electron chi connectivity index (χ4n) is 1.96. The smallest absolute Gasteiger partial charge is 0.136 e. The lowest BCUT2D eigenvalue weighted by molar-refractivity contribution is -0.122. The molecule has 0 unspecified atom stereocenters. The molecule has 0 aromatic rings. The Balaban J connectivity index is 2.21. The van der Waals surface area contributed by atoms with Crippen LogP contribution < -0.4 is 0 Å². The van der Waals surface area contributed by atoms with Gasteiger partial charge in [-0.15, -0.1) is 0 Å². The Hall–Kier alpha value is -0.590. The van der Waals surface area contributed by atoms with Crippen LogP contribution in [0.2, 0.25) is 0 Å². The summed E-state index contributed by atoms with van der Waals surface area (Å²) in [5, 5.41) is 0. The standard InChI is InChI=1S/C12H20O/c1-10(2)6-5-9-12(13)11-7-3-4-8-11/h6,11H,3-5,7-9H2,1-2H3. The maximum Gasteiger partial charge on any atom is 0.136 e. The first-order valence-electron chi connectivity index (χ1n) is 5.36. The van der Waals surface area contributed by atoms with Gasteiger partial charge in [-0.3, -0.25) is 4.79 Å². The number of carbonyl (C=O) groups excluding carboxylic acids is 1. The van der Waals surface area contributed by atoms with Crippen molar-refractivity contribution in [3.8, 4) is 0 Å². The van der Waals surface area contributed by atoms with Gasteiger partial charge in [0.2, 0.25) is 0 Å². The zero-order chi connectivity index (χ0) is 9.68. The van der Waals surface area contributed by atoms with Crippen LogP contribution in [0.25, 0.3) is 0 Å². The minimum absolute atomic E-state index is 0.408. The Labute approximate surface area is 81.2 Å². The van der Waals surface area contributed by atoms with Gasteiger partial charge in [-0.2, -0.15) is 0 Å². The van der Waals surface area contributed by atoms with Crippen molar-refractivity contribution in [1.82, 2.24) is 0 Å². The first kappa shape index (κ1) is 10.5. The molecule has 1 rings (SSSR count). The van der Waals surface area contributed by atoms with Gasteiger partial charge in [-0.25, -0.2) is 0 Å². The largest absolute Gasteiger partial charge is 0.299 e. The number of allylic oxidation sites excluding steroid dienone is 2. The maximum absolute atomic E-state index is 11.6. The Morgan fingerprint density at radius 2 is 1.92 bits per heavy atom. The lowest BCUT2D eigenvalue weighted by Crippen LogP contribution is -2.09. The van der Waals surface area contributed by atoms with E-state index < -0.39 is 0 Å². The van der Waals surface area contributed by atoms with E-state index in [0.29, 0.717) is 11.7 Å². The summed E-state index contributed by atoms with van der Waals surface area (Å²) in [6, 6.07) is 0. The van der Waals surface area contributed by atoms with Crippen LogP contribution in [-0.2, 0) is 4.79 Å². The molecule has 1 aliphatic rings. The second-order valence-corrected chi connectivity index (χ2v) is 4.27. The quantitative estimate of drug-likeness (QED) is 0.605. The van der Waals surface area contributed by atoms with E-state index in [4.69, 9.17) is 0 Å². The normalized spacial score (nSPS) is 17.4. The molecule has 0 spiro atoms. The highest BCUT2D eigenvalue weighted by Crippen LogP contribution is 2.26. The first-order chi connectivity index (χ1) is 6.20. The van der Waals surface area contributed by atoms with Gasteiger partial charge >= 0.3 is 0 Å². The van der Waals surface area contributed by atoms with Crippen molar-refractivity contribution in [3.63, 3.8) is 0 Å². The van der Waals surface area contributed by atoms with E-state index in [9.17, 15) is 4.79 Å². The van der Waals surface area contributed by atoms with Gasteiger partial charge in [0.1, 0.15) is 5.78 Å². The van der Waals surface area contributed by atoms with E-state index >= 15 is 0 Å². The predicted octanol–water partition coefficient (Wildman–Crippen LogP) is 3.49. The molecule has 0 radical (unpaired) electrons. The third kappa shape index (κ3) is 3.75. The summed E-state index contributed by atoms with van der Waals surface area (Å²) in [6.07, 6.45) is 8.68. The zero-order valence-corrected chi connectivity index (χ0v) is 8.81. The van der Waals surface area contributed by atoms with Crippen molar-refractivity contribution in [1.29, 1.82) is 0 Å². The molecule has 0 bridgehead atoms. The average Bonchev–Trinajstić information content (AvgIpc) is 2.55. The van der Waals surface area contributed by atoms with E-state index in [0.717, 1.165) is 25.7 Å². The van der Waals surface area contributed by atoms with Crippen LogP contribution in [0.1, 0.15) is 52.4 Å². The number of hydrogen-bond acceptors (Lipinski definition) is 1. The maximum atomic E-state index is 11.6. The highest BCUT2D eigenvalue weighted by Gasteiger charge is 2.21. The van der Waals surface area contributed by atoms with E-state index in [2.05, 4.69) is 19.9 Å². The molecule has 1 fully saturated rings. The molecule has 1 nitrogen and oxygen atoms in total. The number of ketones is 1. The van der Waals surface area contributed by atoms with E-state index in [-0.39, 0.29) is 0 Å². The fourth-order valence-corrected chi connectivity index (χ4v) is 1.96. The minimum Gasteiger partial charge on any atom is -0.299 e. The molecule has 0 saturated heterocycles. The van der Waals surface area contributed by atoms with Gasteiger partial charge < -0.3 is 0 Å². The molecule has 1 aliphatic carbocycles. The van der Waals surface area contributed by atoms with Gasteiger partial charge in [-0.1, -0.05) is 24.5 Å². The number of rotatable bonds is 4. The highest BCUT2D eigenvalue weighted by atomic mass is 16.1. The topological polar surface area (TPSA) is 17.1 Å². The van der Waals surface area contributed by atoms with Crippen molar-refractivity contribution in [2.75, 3.05) is 0 Å². The highest BCUT2D eigenvalue weighted by molar-refractivity contribution is 5.81. The van der Waals surface area contributed by atoms with Crippen molar-refractivity contribution in [3.05, 3.63) is 11.6 Å². The number of Topliss-reactive ketones (excluding diaryl/α,β-unsaturated/α-hetero) is 1. The average molecular weight is 180 g/mol. The van der Waals surface area contributed by atoms with Crippen molar-refractivity contribution in [2.45, 2.75) is 52.4 Å². The summed E-state index contributed by atoms with van der Waals surface area (Å²) in [7, 11) is 0. The monoisotopic (exact) mass is 180 g/mol. The molecule has 13 heavy (non-hydrogen) atoms. The zero-order valence-electron chi connectivity index (χ0n) is 8.81. The van der Waals surface area contributed by atoms with Crippen LogP contribution in [0.5, 0.6) is 0 Å². The molecular weight excluding hydrogens is 160 g/mol. The Bertz CT molecular complexity index is 193. The van der Waals surface area contributed by atoms with Crippen LogP contribution in [0.15, 0.2) is 11.6 Å². The van der Waals surface area contributed by atoms with Gasteiger partial charge in [0.25, 0.3) is 0 Å². The van der Waals surface area contributed by atoms with Gasteiger partial charge in [0, 0.05) is 12.3 Å². The summed E-state index contributed by atoms with van der Waals surface area (Å²) in [5.74, 6) is 0.903. The lowest BCUT2D eigenvalue weighted by Gasteiger charge is -2.05. The first-order valence-corrected chi connectivity index (χ1v) is 5.36. The molecule has 1 saturated carbocycles.